The van der Waals surface area contributed by atoms with E-state index in [0.717, 1.165) is 0 Å². The van der Waals surface area contributed by atoms with Crippen LogP contribution in [0.5, 0.6) is 5.75 Å². The number of urea groups is 1. The summed E-state index contributed by atoms with van der Waals surface area (Å²) < 4.78 is 32.9. The zero-order valence-electron chi connectivity index (χ0n) is 18.5. The van der Waals surface area contributed by atoms with Crippen molar-refractivity contribution in [1.29, 1.82) is 0 Å². The highest BCUT2D eigenvalue weighted by atomic mass is 32.2. The molecular weight excluding hydrogens is 442 g/mol. The Morgan fingerprint density at radius 2 is 1.58 bits per heavy atom. The van der Waals surface area contributed by atoms with Gasteiger partial charge in [-0.05, 0) is 68.4 Å². The molecule has 0 unspecified atom stereocenters. The van der Waals surface area contributed by atoms with Crippen LogP contribution in [-0.2, 0) is 10.0 Å². The van der Waals surface area contributed by atoms with E-state index in [0.29, 0.717) is 5.69 Å². The van der Waals surface area contributed by atoms with Gasteiger partial charge in [-0.3, -0.25) is 9.62 Å². The number of ether oxygens (including phenoxy) is 1. The van der Waals surface area contributed by atoms with E-state index in [9.17, 15) is 18.0 Å². The quantitative estimate of drug-likeness (QED) is 0.399. The topological polar surface area (TPSA) is 105 Å². The first-order valence-electron chi connectivity index (χ1n) is 10.2. The third-order valence-corrected chi connectivity index (χ3v) is 5.95. The van der Waals surface area contributed by atoms with Crippen molar-refractivity contribution in [3.63, 3.8) is 0 Å². The first kappa shape index (κ1) is 23.8. The number of carbonyl (C=O) groups is 2. The van der Waals surface area contributed by atoms with E-state index >= 15 is 0 Å². The monoisotopic (exact) mass is 467 g/mol. The summed E-state index contributed by atoms with van der Waals surface area (Å²) >= 11 is 0. The summed E-state index contributed by atoms with van der Waals surface area (Å²) in [6.07, 6.45) is 0. The molecule has 0 aliphatic carbocycles. The summed E-state index contributed by atoms with van der Waals surface area (Å²) in [6.45, 7) is 3.74. The van der Waals surface area contributed by atoms with Gasteiger partial charge >= 0.3 is 12.0 Å². The molecule has 0 aliphatic rings. The Labute approximate surface area is 193 Å². The third kappa shape index (κ3) is 6.33. The number of rotatable bonds is 7. The van der Waals surface area contributed by atoms with E-state index in [2.05, 4.69) is 10.0 Å². The third-order valence-electron chi connectivity index (χ3n) is 4.56. The Hall–Kier alpha value is -3.85. The summed E-state index contributed by atoms with van der Waals surface area (Å²) in [5, 5.41) is 2.79. The van der Waals surface area contributed by atoms with E-state index < -0.39 is 16.0 Å². The van der Waals surface area contributed by atoms with Crippen LogP contribution in [0.25, 0.3) is 0 Å². The molecule has 3 aromatic carbocycles. The number of benzene rings is 3. The molecule has 0 spiro atoms. The maximum atomic E-state index is 12.6. The zero-order chi connectivity index (χ0) is 24.0. The van der Waals surface area contributed by atoms with Crippen LogP contribution in [0, 0.1) is 0 Å². The number of sulfonamides is 1. The van der Waals surface area contributed by atoms with Crippen molar-refractivity contribution in [2.24, 2.45) is 0 Å². The first-order chi connectivity index (χ1) is 15.7. The van der Waals surface area contributed by atoms with Crippen molar-refractivity contribution in [2.75, 3.05) is 16.7 Å². The second kappa shape index (κ2) is 10.2. The lowest BCUT2D eigenvalue weighted by Gasteiger charge is -2.20. The molecular formula is C24H25N3O5S. The zero-order valence-corrected chi connectivity index (χ0v) is 19.3. The van der Waals surface area contributed by atoms with Gasteiger partial charge in [-0.25, -0.2) is 18.0 Å². The predicted molar refractivity (Wildman–Crippen MR) is 127 cm³/mol. The summed E-state index contributed by atoms with van der Waals surface area (Å²) in [7, 11) is -2.14. The lowest BCUT2D eigenvalue weighted by Crippen LogP contribution is -2.40. The van der Waals surface area contributed by atoms with E-state index in [-0.39, 0.29) is 34.0 Å². The maximum Gasteiger partial charge on any atom is 0.343 e. The van der Waals surface area contributed by atoms with Gasteiger partial charge < -0.3 is 10.1 Å². The molecule has 33 heavy (non-hydrogen) atoms. The molecule has 8 nitrogen and oxygen atoms in total. The highest BCUT2D eigenvalue weighted by molar-refractivity contribution is 7.92. The largest absolute Gasteiger partial charge is 0.423 e. The number of nitrogens with one attached hydrogen (secondary N) is 2. The van der Waals surface area contributed by atoms with Crippen LogP contribution in [0.15, 0.2) is 83.8 Å². The van der Waals surface area contributed by atoms with Crippen molar-refractivity contribution in [3.05, 3.63) is 84.4 Å². The van der Waals surface area contributed by atoms with Gasteiger partial charge in [-0.15, -0.1) is 0 Å². The number of nitrogens with zero attached hydrogens (tertiary/aromatic N) is 1. The number of anilines is 2. The van der Waals surface area contributed by atoms with Gasteiger partial charge in [-0.2, -0.15) is 0 Å². The van der Waals surface area contributed by atoms with Gasteiger partial charge in [-0.1, -0.05) is 24.3 Å². The Morgan fingerprint density at radius 1 is 0.909 bits per heavy atom. The summed E-state index contributed by atoms with van der Waals surface area (Å²) in [6, 6.07) is 20.2. The SMILES string of the molecule is CC(C)NC(=O)N(C)c1ccc(OC(=O)c2cccc(NS(=O)(=O)c3ccccc3)c2)cc1. The van der Waals surface area contributed by atoms with E-state index in [1.807, 2.05) is 13.8 Å². The van der Waals surface area contributed by atoms with Crippen LogP contribution in [-0.4, -0.2) is 33.5 Å². The highest BCUT2D eigenvalue weighted by Gasteiger charge is 2.16. The van der Waals surface area contributed by atoms with Gasteiger partial charge in [0.05, 0.1) is 10.5 Å². The molecule has 3 aromatic rings. The van der Waals surface area contributed by atoms with Crippen molar-refractivity contribution < 1.29 is 22.7 Å². The van der Waals surface area contributed by atoms with Gasteiger partial charge in [0.2, 0.25) is 0 Å². The standard InChI is InChI=1S/C24H25N3O5S/c1-17(2)25-24(29)27(3)20-12-14-21(15-13-20)32-23(28)18-8-7-9-19(16-18)26-33(30,31)22-10-5-4-6-11-22/h4-17,26H,1-3H3,(H,25,29). The number of hydrogen-bond acceptors (Lipinski definition) is 5. The molecule has 0 heterocycles. The van der Waals surface area contributed by atoms with Crippen LogP contribution >= 0.6 is 0 Å². The van der Waals surface area contributed by atoms with Crippen LogP contribution in [0.4, 0.5) is 16.2 Å². The number of hydrogen-bond donors (Lipinski definition) is 2. The number of amides is 2. The lowest BCUT2D eigenvalue weighted by atomic mass is 10.2. The molecule has 0 bridgehead atoms. The molecule has 2 N–H and O–H groups in total. The number of esters is 1. The molecule has 172 valence electrons. The number of carbonyl (C=O) groups excluding carboxylic acids is 2. The van der Waals surface area contributed by atoms with Gasteiger partial charge in [0, 0.05) is 24.5 Å². The smallest absolute Gasteiger partial charge is 0.343 e. The molecule has 3 rings (SSSR count). The van der Waals surface area contributed by atoms with Crippen LogP contribution < -0.4 is 19.7 Å². The fourth-order valence-corrected chi connectivity index (χ4v) is 3.96. The van der Waals surface area contributed by atoms with E-state index in [1.165, 1.54) is 29.2 Å². The Balaban J connectivity index is 1.68. The fourth-order valence-electron chi connectivity index (χ4n) is 2.89. The van der Waals surface area contributed by atoms with Crippen molar-refractivity contribution in [2.45, 2.75) is 24.8 Å². The van der Waals surface area contributed by atoms with E-state index in [1.54, 1.807) is 61.6 Å². The summed E-state index contributed by atoms with van der Waals surface area (Å²) in [5.74, 6) is -0.355. The molecule has 0 fully saturated rings. The Kier molecular flexibility index (Phi) is 7.34. The van der Waals surface area contributed by atoms with Crippen molar-refractivity contribution in [1.82, 2.24) is 5.32 Å². The van der Waals surface area contributed by atoms with Crippen molar-refractivity contribution in [3.8, 4) is 5.75 Å². The molecule has 2 amide bonds. The summed E-state index contributed by atoms with van der Waals surface area (Å²) in [5.41, 5.74) is 1.05. The summed E-state index contributed by atoms with van der Waals surface area (Å²) in [4.78, 5) is 26.2. The normalized spacial score (nSPS) is 11.0. The molecule has 0 aliphatic heterocycles. The van der Waals surface area contributed by atoms with Crippen LogP contribution in [0.3, 0.4) is 0 Å². The van der Waals surface area contributed by atoms with Gasteiger partial charge in [0.1, 0.15) is 5.75 Å². The molecule has 0 radical (unpaired) electrons. The molecule has 0 saturated heterocycles. The predicted octanol–water partition coefficient (Wildman–Crippen LogP) is 4.26. The maximum absolute atomic E-state index is 12.6. The lowest BCUT2D eigenvalue weighted by molar-refractivity contribution is 0.0734. The fraction of sp³-hybridized carbons (Fsp3) is 0.167. The van der Waals surface area contributed by atoms with Crippen LogP contribution in [0.2, 0.25) is 0 Å². The van der Waals surface area contributed by atoms with E-state index in [4.69, 9.17) is 4.74 Å². The second-order valence-electron chi connectivity index (χ2n) is 7.55. The average Bonchev–Trinajstić information content (AvgIpc) is 2.79. The molecule has 0 aromatic heterocycles. The Bertz CT molecular complexity index is 1230. The minimum Gasteiger partial charge on any atom is -0.423 e. The highest BCUT2D eigenvalue weighted by Crippen LogP contribution is 2.21. The minimum atomic E-state index is -3.78. The Morgan fingerprint density at radius 3 is 2.21 bits per heavy atom. The first-order valence-corrected chi connectivity index (χ1v) is 11.7. The minimum absolute atomic E-state index is 0.00751. The average molecular weight is 468 g/mol. The molecule has 9 heteroatoms. The molecule has 0 atom stereocenters. The second-order valence-corrected chi connectivity index (χ2v) is 9.23. The van der Waals surface area contributed by atoms with Gasteiger partial charge in [0.15, 0.2) is 0 Å². The van der Waals surface area contributed by atoms with Gasteiger partial charge in [0.25, 0.3) is 10.0 Å². The van der Waals surface area contributed by atoms with Crippen molar-refractivity contribution >= 4 is 33.4 Å². The molecule has 0 saturated carbocycles. The van der Waals surface area contributed by atoms with Crippen LogP contribution in [0.1, 0.15) is 24.2 Å².